The number of hydrogen-bond donors (Lipinski definition) is 3. The molecule has 1 rings (SSSR count). The first kappa shape index (κ1) is 15.8. The molecule has 0 atom stereocenters. The van der Waals surface area contributed by atoms with Crippen LogP contribution in [-0.4, -0.2) is 33.9 Å². The van der Waals surface area contributed by atoms with Gasteiger partial charge >= 0.3 is 0 Å². The van der Waals surface area contributed by atoms with Gasteiger partial charge in [-0.05, 0) is 22.4 Å². The molecule has 1 aromatic carbocycles. The molecule has 0 aliphatic heterocycles. The van der Waals surface area contributed by atoms with E-state index in [1.807, 2.05) is 0 Å². The number of nitrogens with zero attached hydrogens (tertiary/aromatic N) is 1. The number of nitrogens with one attached hydrogen (secondary N) is 1. The average molecular weight is 337 g/mol. The van der Waals surface area contributed by atoms with Crippen LogP contribution in [0.4, 0.5) is 15.8 Å². The molecular weight excluding hydrogens is 323 g/mol. The van der Waals surface area contributed by atoms with Gasteiger partial charge in [0.15, 0.2) is 0 Å². The summed E-state index contributed by atoms with van der Waals surface area (Å²) in [7, 11) is 0. The van der Waals surface area contributed by atoms with Crippen molar-refractivity contribution in [1.82, 2.24) is 0 Å². The Morgan fingerprint density at radius 3 is 2.47 bits per heavy atom. The van der Waals surface area contributed by atoms with E-state index in [0.717, 1.165) is 12.1 Å². The van der Waals surface area contributed by atoms with Gasteiger partial charge in [-0.2, -0.15) is 0 Å². The van der Waals surface area contributed by atoms with Crippen molar-refractivity contribution in [2.24, 2.45) is 0 Å². The largest absolute Gasteiger partial charge is 0.394 e. The second kappa shape index (κ2) is 6.27. The van der Waals surface area contributed by atoms with Crippen LogP contribution in [0.25, 0.3) is 0 Å². The molecule has 0 aliphatic rings. The standard InChI is InChI=1S/C11H14BrFN2O4/c1-2-11(5-16,6-17)14-9-4-8(13)7(12)3-10(9)15(18)19/h3-4,14,16-17H,2,5-6H2,1H3. The number of nitro groups is 1. The van der Waals surface area contributed by atoms with Crippen molar-refractivity contribution in [3.05, 3.63) is 32.5 Å². The third kappa shape index (κ3) is 3.40. The Bertz CT molecular complexity index is 472. The maximum atomic E-state index is 13.5. The molecule has 0 aliphatic carbocycles. The van der Waals surface area contributed by atoms with Gasteiger partial charge < -0.3 is 15.5 Å². The molecule has 0 saturated carbocycles. The van der Waals surface area contributed by atoms with Crippen molar-refractivity contribution in [1.29, 1.82) is 0 Å². The zero-order valence-corrected chi connectivity index (χ0v) is 11.8. The fourth-order valence-corrected chi connectivity index (χ4v) is 1.85. The Balaban J connectivity index is 3.26. The lowest BCUT2D eigenvalue weighted by Gasteiger charge is -2.30. The summed E-state index contributed by atoms with van der Waals surface area (Å²) < 4.78 is 13.4. The minimum atomic E-state index is -1.13. The third-order valence-electron chi connectivity index (χ3n) is 2.92. The highest BCUT2D eigenvalue weighted by atomic mass is 79.9. The third-order valence-corrected chi connectivity index (χ3v) is 3.52. The molecule has 19 heavy (non-hydrogen) atoms. The van der Waals surface area contributed by atoms with E-state index < -0.39 is 29.5 Å². The van der Waals surface area contributed by atoms with E-state index in [1.54, 1.807) is 6.92 Å². The number of anilines is 1. The van der Waals surface area contributed by atoms with Crippen molar-refractivity contribution < 1.29 is 19.5 Å². The summed E-state index contributed by atoms with van der Waals surface area (Å²) in [5, 5.41) is 32.2. The fourth-order valence-electron chi connectivity index (χ4n) is 1.51. The first-order chi connectivity index (χ1) is 8.89. The van der Waals surface area contributed by atoms with E-state index in [2.05, 4.69) is 21.2 Å². The van der Waals surface area contributed by atoms with Gasteiger partial charge in [-0.1, -0.05) is 6.92 Å². The van der Waals surface area contributed by atoms with Gasteiger partial charge in [0.2, 0.25) is 0 Å². The first-order valence-electron chi connectivity index (χ1n) is 5.52. The number of benzene rings is 1. The number of nitro benzene ring substituents is 1. The van der Waals surface area contributed by atoms with Crippen LogP contribution in [0.2, 0.25) is 0 Å². The van der Waals surface area contributed by atoms with E-state index in [0.29, 0.717) is 6.42 Å². The SMILES string of the molecule is CCC(CO)(CO)Nc1cc(F)c(Br)cc1[N+](=O)[O-]. The molecule has 6 nitrogen and oxygen atoms in total. The van der Waals surface area contributed by atoms with Gasteiger partial charge in [0.1, 0.15) is 11.5 Å². The van der Waals surface area contributed by atoms with Crippen LogP contribution in [0, 0.1) is 15.9 Å². The Labute approximate surface area is 117 Å². The molecule has 106 valence electrons. The molecule has 0 amide bonds. The predicted octanol–water partition coefficient (Wildman–Crippen LogP) is 2.04. The van der Waals surface area contributed by atoms with E-state index in [4.69, 9.17) is 0 Å². The maximum absolute atomic E-state index is 13.5. The number of rotatable bonds is 6. The Morgan fingerprint density at radius 2 is 2.05 bits per heavy atom. The van der Waals surface area contributed by atoms with Crippen LogP contribution in [0.15, 0.2) is 16.6 Å². The van der Waals surface area contributed by atoms with Crippen LogP contribution in [0.3, 0.4) is 0 Å². The van der Waals surface area contributed by atoms with Gasteiger partial charge in [-0.3, -0.25) is 10.1 Å². The van der Waals surface area contributed by atoms with Crippen molar-refractivity contribution >= 4 is 27.3 Å². The highest BCUT2D eigenvalue weighted by Gasteiger charge is 2.30. The summed E-state index contributed by atoms with van der Waals surface area (Å²) in [5.41, 5.74) is -1.56. The summed E-state index contributed by atoms with van der Waals surface area (Å²) in [5.74, 6) is -0.672. The Morgan fingerprint density at radius 1 is 1.47 bits per heavy atom. The minimum absolute atomic E-state index is 0.0279. The normalized spacial score (nSPS) is 11.4. The lowest BCUT2D eigenvalue weighted by Crippen LogP contribution is -2.45. The topological polar surface area (TPSA) is 95.6 Å². The van der Waals surface area contributed by atoms with Crippen molar-refractivity contribution in [3.8, 4) is 0 Å². The lowest BCUT2D eigenvalue weighted by atomic mass is 9.97. The second-order valence-corrected chi connectivity index (χ2v) is 4.97. The monoisotopic (exact) mass is 336 g/mol. The quantitative estimate of drug-likeness (QED) is 0.545. The lowest BCUT2D eigenvalue weighted by molar-refractivity contribution is -0.384. The number of halogens is 2. The number of hydrogen-bond acceptors (Lipinski definition) is 5. The summed E-state index contributed by atoms with van der Waals surface area (Å²) in [6.45, 7) is 0.824. The van der Waals surface area contributed by atoms with Gasteiger partial charge in [-0.25, -0.2) is 4.39 Å². The molecule has 3 N–H and O–H groups in total. The van der Waals surface area contributed by atoms with E-state index in [1.165, 1.54) is 0 Å². The molecule has 0 saturated heterocycles. The molecule has 1 aromatic rings. The fraction of sp³-hybridized carbons (Fsp3) is 0.455. The van der Waals surface area contributed by atoms with Crippen LogP contribution in [0.1, 0.15) is 13.3 Å². The first-order valence-corrected chi connectivity index (χ1v) is 6.31. The zero-order chi connectivity index (χ0) is 14.6. The second-order valence-electron chi connectivity index (χ2n) is 4.12. The summed E-state index contributed by atoms with van der Waals surface area (Å²) >= 11 is 2.87. The smallest absolute Gasteiger partial charge is 0.293 e. The van der Waals surface area contributed by atoms with Crippen LogP contribution >= 0.6 is 15.9 Å². The van der Waals surface area contributed by atoms with Gasteiger partial charge in [0.05, 0.1) is 28.1 Å². The van der Waals surface area contributed by atoms with E-state index in [9.17, 15) is 24.7 Å². The zero-order valence-electron chi connectivity index (χ0n) is 10.2. The maximum Gasteiger partial charge on any atom is 0.293 e. The molecule has 0 heterocycles. The molecule has 0 aromatic heterocycles. The van der Waals surface area contributed by atoms with E-state index in [-0.39, 0.29) is 15.8 Å². The van der Waals surface area contributed by atoms with Gasteiger partial charge in [0, 0.05) is 12.1 Å². The molecule has 0 fully saturated rings. The molecular formula is C11H14BrFN2O4. The Hall–Kier alpha value is -1.25. The molecule has 0 bridgehead atoms. The van der Waals surface area contributed by atoms with Crippen molar-refractivity contribution in [2.45, 2.75) is 18.9 Å². The van der Waals surface area contributed by atoms with E-state index >= 15 is 0 Å². The van der Waals surface area contributed by atoms with Crippen LogP contribution in [0.5, 0.6) is 0 Å². The average Bonchev–Trinajstić information content (AvgIpc) is 2.39. The Kier molecular flexibility index (Phi) is 5.21. The van der Waals surface area contributed by atoms with Gasteiger partial charge in [0.25, 0.3) is 5.69 Å². The molecule has 0 unspecified atom stereocenters. The molecule has 0 radical (unpaired) electrons. The molecule has 0 spiro atoms. The van der Waals surface area contributed by atoms with Crippen LogP contribution in [-0.2, 0) is 0 Å². The van der Waals surface area contributed by atoms with Crippen LogP contribution < -0.4 is 5.32 Å². The van der Waals surface area contributed by atoms with Crippen molar-refractivity contribution in [3.63, 3.8) is 0 Å². The molecule has 8 heteroatoms. The highest BCUT2D eigenvalue weighted by Crippen LogP contribution is 2.33. The minimum Gasteiger partial charge on any atom is -0.394 e. The summed E-state index contributed by atoms with van der Waals surface area (Å²) in [6.07, 6.45) is 0.314. The van der Waals surface area contributed by atoms with Crippen molar-refractivity contribution in [2.75, 3.05) is 18.5 Å². The highest BCUT2D eigenvalue weighted by molar-refractivity contribution is 9.10. The number of aliphatic hydroxyl groups excluding tert-OH is 2. The predicted molar refractivity (Wildman–Crippen MR) is 71.6 cm³/mol. The number of aliphatic hydroxyl groups is 2. The summed E-state index contributed by atoms with van der Waals surface area (Å²) in [6, 6.07) is 1.99. The summed E-state index contributed by atoms with van der Waals surface area (Å²) in [4.78, 5) is 10.3. The van der Waals surface area contributed by atoms with Gasteiger partial charge in [-0.15, -0.1) is 0 Å².